The van der Waals surface area contributed by atoms with Gasteiger partial charge in [0.25, 0.3) is 10.0 Å². The minimum atomic E-state index is -4.12. The highest BCUT2D eigenvalue weighted by molar-refractivity contribution is 7.92. The molecule has 1 heterocycles. The van der Waals surface area contributed by atoms with Gasteiger partial charge in [-0.3, -0.25) is 9.40 Å². The second-order valence-corrected chi connectivity index (χ2v) is 7.19. The van der Waals surface area contributed by atoms with Crippen molar-refractivity contribution in [2.24, 2.45) is 7.05 Å². The third-order valence-corrected chi connectivity index (χ3v) is 5.47. The summed E-state index contributed by atoms with van der Waals surface area (Å²) < 4.78 is 38.1. The van der Waals surface area contributed by atoms with E-state index in [1.165, 1.54) is 36.9 Å². The highest BCUT2D eigenvalue weighted by atomic mass is 35.5. The minimum absolute atomic E-state index is 0.0258. The van der Waals surface area contributed by atoms with Gasteiger partial charge >= 0.3 is 11.9 Å². The minimum Gasteiger partial charge on any atom is -0.465 e. The fraction of sp³-hybridized carbons (Fsp3) is 0.267. The Morgan fingerprint density at radius 3 is 2.00 bits per heavy atom. The monoisotopic (exact) mass is 401 g/mol. The molecule has 0 unspecified atom stereocenters. The maximum Gasteiger partial charge on any atom is 0.337 e. The SMILES string of the molecule is COC(=O)c1cc(NS(=O)(=O)c2c(C)nn(C)c2Cl)cc(C(=O)OC)c1. The average Bonchev–Trinajstić information content (AvgIpc) is 2.85. The predicted octanol–water partition coefficient (Wildman–Crippen LogP) is 1.76. The maximum atomic E-state index is 12.7. The fourth-order valence-corrected chi connectivity index (χ4v) is 4.07. The zero-order valence-corrected chi connectivity index (χ0v) is 15.9. The van der Waals surface area contributed by atoms with Crippen molar-refractivity contribution < 1.29 is 27.5 Å². The molecule has 140 valence electrons. The molecule has 0 spiro atoms. The van der Waals surface area contributed by atoms with E-state index < -0.39 is 22.0 Å². The van der Waals surface area contributed by atoms with Crippen molar-refractivity contribution in [3.63, 3.8) is 0 Å². The van der Waals surface area contributed by atoms with Crippen LogP contribution in [0.1, 0.15) is 26.4 Å². The lowest BCUT2D eigenvalue weighted by Gasteiger charge is -2.11. The molecule has 0 radical (unpaired) electrons. The zero-order chi connectivity index (χ0) is 19.6. The van der Waals surface area contributed by atoms with Crippen LogP contribution >= 0.6 is 11.6 Å². The maximum absolute atomic E-state index is 12.7. The van der Waals surface area contributed by atoms with Crippen LogP contribution in [0.15, 0.2) is 23.1 Å². The second kappa shape index (κ2) is 7.34. The molecule has 1 aromatic carbocycles. The summed E-state index contributed by atoms with van der Waals surface area (Å²) in [4.78, 5) is 23.4. The number of nitrogens with zero attached hydrogens (tertiary/aromatic N) is 2. The van der Waals surface area contributed by atoms with Crippen molar-refractivity contribution in [2.75, 3.05) is 18.9 Å². The lowest BCUT2D eigenvalue weighted by atomic mass is 10.1. The molecule has 11 heteroatoms. The summed E-state index contributed by atoms with van der Waals surface area (Å²) in [5, 5.41) is 3.88. The number of esters is 2. The van der Waals surface area contributed by atoms with Crippen molar-refractivity contribution in [2.45, 2.75) is 11.8 Å². The smallest absolute Gasteiger partial charge is 0.337 e. The molecule has 1 aromatic heterocycles. The van der Waals surface area contributed by atoms with Crippen molar-refractivity contribution in [1.29, 1.82) is 0 Å². The molecule has 9 nitrogen and oxygen atoms in total. The first-order valence-electron chi connectivity index (χ1n) is 7.14. The summed E-state index contributed by atoms with van der Waals surface area (Å²) in [5.74, 6) is -1.49. The van der Waals surface area contributed by atoms with Crippen molar-refractivity contribution in [3.8, 4) is 0 Å². The van der Waals surface area contributed by atoms with Crippen LogP contribution in [0.4, 0.5) is 5.69 Å². The van der Waals surface area contributed by atoms with E-state index >= 15 is 0 Å². The Morgan fingerprint density at radius 2 is 1.62 bits per heavy atom. The van der Waals surface area contributed by atoms with Crippen molar-refractivity contribution in [1.82, 2.24) is 9.78 Å². The Bertz CT molecular complexity index is 949. The number of methoxy groups -OCH3 is 2. The number of nitrogens with one attached hydrogen (secondary N) is 1. The Balaban J connectivity index is 2.54. The summed E-state index contributed by atoms with van der Waals surface area (Å²) in [7, 11) is -0.295. The Labute approximate surface area is 154 Å². The standard InChI is InChI=1S/C15H16ClN3O6S/c1-8-12(13(16)19(2)17-8)26(22,23)18-11-6-9(14(20)24-3)5-10(7-11)15(21)25-4/h5-7,18H,1-4H3. The number of ether oxygens (including phenoxy) is 2. The van der Waals surface area contributed by atoms with Crippen LogP contribution in [0.5, 0.6) is 0 Å². The van der Waals surface area contributed by atoms with Gasteiger partial charge < -0.3 is 9.47 Å². The molecule has 0 bridgehead atoms. The number of halogens is 1. The van der Waals surface area contributed by atoms with Gasteiger partial charge in [0.2, 0.25) is 0 Å². The summed E-state index contributed by atoms with van der Waals surface area (Å²) in [6.45, 7) is 1.49. The van der Waals surface area contributed by atoms with Crippen LogP contribution in [0.2, 0.25) is 5.15 Å². The van der Waals surface area contributed by atoms with Gasteiger partial charge in [0.15, 0.2) is 0 Å². The predicted molar refractivity (Wildman–Crippen MR) is 92.9 cm³/mol. The van der Waals surface area contributed by atoms with Gasteiger partial charge in [-0.2, -0.15) is 5.10 Å². The largest absolute Gasteiger partial charge is 0.465 e. The summed E-state index contributed by atoms with van der Waals surface area (Å²) in [6.07, 6.45) is 0. The van der Waals surface area contributed by atoms with E-state index in [1.807, 2.05) is 0 Å². The molecule has 0 atom stereocenters. The summed E-state index contributed by atoms with van der Waals surface area (Å²) in [5.41, 5.74) is 0.110. The van der Waals surface area contributed by atoms with Gasteiger partial charge in [0, 0.05) is 7.05 Å². The molecule has 0 aliphatic rings. The molecule has 0 fully saturated rings. The topological polar surface area (TPSA) is 117 Å². The molecule has 0 aliphatic heterocycles. The van der Waals surface area contributed by atoms with Gasteiger partial charge in [0.1, 0.15) is 10.0 Å². The van der Waals surface area contributed by atoms with Gasteiger partial charge in [-0.15, -0.1) is 0 Å². The van der Waals surface area contributed by atoms with Gasteiger partial charge in [-0.25, -0.2) is 18.0 Å². The van der Waals surface area contributed by atoms with Gasteiger partial charge in [0.05, 0.1) is 36.7 Å². The zero-order valence-electron chi connectivity index (χ0n) is 14.4. The molecule has 1 N–H and O–H groups in total. The Kier molecular flexibility index (Phi) is 5.57. The molecular formula is C15H16ClN3O6S. The highest BCUT2D eigenvalue weighted by Crippen LogP contribution is 2.27. The lowest BCUT2D eigenvalue weighted by Crippen LogP contribution is -2.16. The third-order valence-electron chi connectivity index (χ3n) is 3.40. The Morgan fingerprint density at radius 1 is 1.12 bits per heavy atom. The molecule has 2 rings (SSSR count). The number of rotatable bonds is 5. The number of benzene rings is 1. The van der Waals surface area contributed by atoms with Crippen LogP contribution in [0, 0.1) is 6.92 Å². The number of hydrogen-bond acceptors (Lipinski definition) is 7. The van der Waals surface area contributed by atoms with Gasteiger partial charge in [-0.05, 0) is 25.1 Å². The number of carbonyl (C=O) groups excluding carboxylic acids is 2. The lowest BCUT2D eigenvalue weighted by molar-refractivity contribution is 0.0599. The molecule has 26 heavy (non-hydrogen) atoms. The third kappa shape index (κ3) is 3.81. The van der Waals surface area contributed by atoms with E-state index in [1.54, 1.807) is 0 Å². The first-order valence-corrected chi connectivity index (χ1v) is 9.00. The number of aryl methyl sites for hydroxylation is 2. The van der Waals surface area contributed by atoms with Crippen molar-refractivity contribution in [3.05, 3.63) is 40.2 Å². The normalized spacial score (nSPS) is 11.1. The van der Waals surface area contributed by atoms with Crippen LogP contribution in [0.3, 0.4) is 0 Å². The van der Waals surface area contributed by atoms with E-state index in [9.17, 15) is 18.0 Å². The quantitative estimate of drug-likeness (QED) is 0.758. The van der Waals surface area contributed by atoms with Crippen LogP contribution in [-0.4, -0.2) is 44.4 Å². The van der Waals surface area contributed by atoms with E-state index in [4.69, 9.17) is 11.6 Å². The highest BCUT2D eigenvalue weighted by Gasteiger charge is 2.26. The average molecular weight is 402 g/mol. The van der Waals surface area contributed by atoms with Crippen molar-refractivity contribution >= 4 is 39.3 Å². The number of carbonyl (C=O) groups is 2. The molecule has 0 saturated carbocycles. The number of hydrogen-bond donors (Lipinski definition) is 1. The first-order chi connectivity index (χ1) is 12.1. The Hall–Kier alpha value is -2.59. The van der Waals surface area contributed by atoms with Gasteiger partial charge in [-0.1, -0.05) is 11.6 Å². The second-order valence-electron chi connectivity index (χ2n) is 5.22. The summed E-state index contributed by atoms with van der Waals surface area (Å²) in [6, 6.07) is 3.70. The number of aromatic nitrogens is 2. The van der Waals surface area contributed by atoms with E-state index in [-0.39, 0.29) is 32.6 Å². The molecule has 0 saturated heterocycles. The summed E-state index contributed by atoms with van der Waals surface area (Å²) >= 11 is 6.01. The first kappa shape index (κ1) is 19.7. The molecule has 0 aliphatic carbocycles. The number of anilines is 1. The molecule has 0 amide bonds. The van der Waals surface area contributed by atoms with Crippen LogP contribution in [0.25, 0.3) is 0 Å². The molecule has 2 aromatic rings. The molecular weight excluding hydrogens is 386 g/mol. The fourth-order valence-electron chi connectivity index (χ4n) is 2.28. The van der Waals surface area contributed by atoms with E-state index in [2.05, 4.69) is 19.3 Å². The van der Waals surface area contributed by atoms with E-state index in [0.717, 1.165) is 14.2 Å². The van der Waals surface area contributed by atoms with Crippen LogP contribution in [-0.2, 0) is 26.5 Å². The van der Waals surface area contributed by atoms with E-state index in [0.29, 0.717) is 0 Å². The number of sulfonamides is 1. The van der Waals surface area contributed by atoms with Crippen LogP contribution < -0.4 is 4.72 Å².